The Bertz CT molecular complexity index is 976. The Morgan fingerprint density at radius 3 is 1.65 bits per heavy atom. The van der Waals surface area contributed by atoms with Crippen LogP contribution in [-0.4, -0.2) is 5.11 Å². The van der Waals surface area contributed by atoms with Crippen molar-refractivity contribution < 1.29 is 5.11 Å². The van der Waals surface area contributed by atoms with Crippen LogP contribution in [0.25, 0.3) is 22.3 Å². The summed E-state index contributed by atoms with van der Waals surface area (Å²) in [7, 11) is 0. The van der Waals surface area contributed by atoms with Gasteiger partial charge in [-0.2, -0.15) is 0 Å². The standard InChI is InChI=1S/C25H20O/c26-25(21-14-8-3-9-15-21)23-17-16-22(19-10-4-1-5-11-19)18-24(23)20-12-6-2-7-13-20/h1-18,25-26H. The monoisotopic (exact) mass is 336 g/mol. The molecule has 0 aliphatic rings. The van der Waals surface area contributed by atoms with Crippen molar-refractivity contribution in [1.82, 2.24) is 0 Å². The number of aliphatic hydroxyl groups excluding tert-OH is 1. The Kier molecular flexibility index (Phi) is 4.63. The van der Waals surface area contributed by atoms with Crippen molar-refractivity contribution in [3.05, 3.63) is 120 Å². The number of rotatable bonds is 4. The van der Waals surface area contributed by atoms with Crippen molar-refractivity contribution in [2.24, 2.45) is 0 Å². The van der Waals surface area contributed by atoms with Crippen LogP contribution in [0.3, 0.4) is 0 Å². The first kappa shape index (κ1) is 16.3. The van der Waals surface area contributed by atoms with Gasteiger partial charge in [0.05, 0.1) is 0 Å². The minimum atomic E-state index is -0.656. The van der Waals surface area contributed by atoms with Crippen LogP contribution >= 0.6 is 0 Å². The molecule has 0 amide bonds. The van der Waals surface area contributed by atoms with Gasteiger partial charge in [-0.05, 0) is 39.4 Å². The maximum Gasteiger partial charge on any atom is 0.105 e. The summed E-state index contributed by atoms with van der Waals surface area (Å²) in [6.45, 7) is 0. The van der Waals surface area contributed by atoms with E-state index in [2.05, 4.69) is 36.4 Å². The fourth-order valence-corrected chi connectivity index (χ4v) is 3.29. The van der Waals surface area contributed by atoms with Crippen LogP contribution in [0.15, 0.2) is 109 Å². The van der Waals surface area contributed by atoms with Crippen LogP contribution in [0.5, 0.6) is 0 Å². The molecule has 0 saturated carbocycles. The van der Waals surface area contributed by atoms with Crippen molar-refractivity contribution in [2.75, 3.05) is 0 Å². The highest BCUT2D eigenvalue weighted by Gasteiger charge is 2.16. The molecule has 0 radical (unpaired) electrons. The Morgan fingerprint density at radius 1 is 0.500 bits per heavy atom. The number of benzene rings is 4. The van der Waals surface area contributed by atoms with Gasteiger partial charge in [-0.3, -0.25) is 0 Å². The molecule has 0 aliphatic heterocycles. The van der Waals surface area contributed by atoms with Gasteiger partial charge >= 0.3 is 0 Å². The van der Waals surface area contributed by atoms with Crippen molar-refractivity contribution in [3.8, 4) is 22.3 Å². The molecule has 1 atom stereocenters. The fourth-order valence-electron chi connectivity index (χ4n) is 3.29. The summed E-state index contributed by atoms with van der Waals surface area (Å²) in [6.07, 6.45) is -0.656. The van der Waals surface area contributed by atoms with Gasteiger partial charge in [0, 0.05) is 0 Å². The summed E-state index contributed by atoms with van der Waals surface area (Å²) >= 11 is 0. The molecule has 0 bridgehead atoms. The predicted octanol–water partition coefficient (Wildman–Crippen LogP) is 6.10. The van der Waals surface area contributed by atoms with Crippen LogP contribution in [0, 0.1) is 0 Å². The maximum absolute atomic E-state index is 11.0. The smallest absolute Gasteiger partial charge is 0.105 e. The molecule has 0 spiro atoms. The molecule has 1 nitrogen and oxygen atoms in total. The number of hydrogen-bond acceptors (Lipinski definition) is 1. The Balaban J connectivity index is 1.86. The largest absolute Gasteiger partial charge is 0.384 e. The average molecular weight is 336 g/mol. The van der Waals surface area contributed by atoms with Gasteiger partial charge in [0.1, 0.15) is 6.10 Å². The van der Waals surface area contributed by atoms with Gasteiger partial charge in [0.2, 0.25) is 0 Å². The molecule has 1 unspecified atom stereocenters. The van der Waals surface area contributed by atoms with E-state index >= 15 is 0 Å². The van der Waals surface area contributed by atoms with Gasteiger partial charge in [-0.15, -0.1) is 0 Å². The van der Waals surface area contributed by atoms with Crippen LogP contribution in [-0.2, 0) is 0 Å². The molecule has 126 valence electrons. The van der Waals surface area contributed by atoms with Crippen molar-refractivity contribution in [2.45, 2.75) is 6.10 Å². The molecule has 0 aliphatic carbocycles. The predicted molar refractivity (Wildman–Crippen MR) is 108 cm³/mol. The lowest BCUT2D eigenvalue weighted by Gasteiger charge is -2.18. The van der Waals surface area contributed by atoms with Crippen LogP contribution < -0.4 is 0 Å². The van der Waals surface area contributed by atoms with E-state index in [0.29, 0.717) is 0 Å². The van der Waals surface area contributed by atoms with E-state index in [1.165, 1.54) is 5.56 Å². The second kappa shape index (κ2) is 7.38. The third kappa shape index (κ3) is 3.30. The summed E-state index contributed by atoms with van der Waals surface area (Å²) in [5, 5.41) is 11.0. The molecule has 0 aromatic heterocycles. The van der Waals surface area contributed by atoms with E-state index in [1.54, 1.807) is 0 Å². The van der Waals surface area contributed by atoms with E-state index in [0.717, 1.165) is 27.8 Å². The molecule has 1 N–H and O–H groups in total. The molecule has 0 fully saturated rings. The molecule has 0 saturated heterocycles. The minimum Gasteiger partial charge on any atom is -0.384 e. The third-order valence-corrected chi connectivity index (χ3v) is 4.66. The lowest BCUT2D eigenvalue weighted by atomic mass is 9.90. The molecule has 4 aromatic carbocycles. The second-order valence-electron chi connectivity index (χ2n) is 6.35. The second-order valence-corrected chi connectivity index (χ2v) is 6.35. The van der Waals surface area contributed by atoms with Crippen molar-refractivity contribution >= 4 is 0 Å². The summed E-state index contributed by atoms with van der Waals surface area (Å²) in [6, 6.07) is 36.7. The van der Waals surface area contributed by atoms with Gasteiger partial charge in [-0.1, -0.05) is 103 Å². The van der Waals surface area contributed by atoms with Gasteiger partial charge in [0.15, 0.2) is 0 Å². The zero-order valence-electron chi connectivity index (χ0n) is 14.4. The van der Waals surface area contributed by atoms with E-state index in [-0.39, 0.29) is 0 Å². The summed E-state index contributed by atoms with van der Waals surface area (Å²) in [4.78, 5) is 0. The highest BCUT2D eigenvalue weighted by Crippen LogP contribution is 2.35. The van der Waals surface area contributed by atoms with E-state index in [4.69, 9.17) is 0 Å². The van der Waals surface area contributed by atoms with E-state index < -0.39 is 6.10 Å². The molecule has 0 heterocycles. The first-order valence-corrected chi connectivity index (χ1v) is 8.81. The number of hydrogen-bond donors (Lipinski definition) is 1. The minimum absolute atomic E-state index is 0.656. The van der Waals surface area contributed by atoms with Crippen molar-refractivity contribution in [1.29, 1.82) is 0 Å². The maximum atomic E-state index is 11.0. The third-order valence-electron chi connectivity index (χ3n) is 4.66. The van der Waals surface area contributed by atoms with Crippen LogP contribution in [0.2, 0.25) is 0 Å². The molecule has 1 heteroatoms. The highest BCUT2D eigenvalue weighted by molar-refractivity contribution is 5.76. The fraction of sp³-hybridized carbons (Fsp3) is 0.0400. The first-order valence-electron chi connectivity index (χ1n) is 8.81. The molecular weight excluding hydrogens is 316 g/mol. The summed E-state index contributed by atoms with van der Waals surface area (Å²) in [5.41, 5.74) is 6.30. The SMILES string of the molecule is OC(c1ccccc1)c1ccc(-c2ccccc2)cc1-c1ccccc1. The summed E-state index contributed by atoms with van der Waals surface area (Å²) in [5.74, 6) is 0. The topological polar surface area (TPSA) is 20.2 Å². The van der Waals surface area contributed by atoms with Crippen molar-refractivity contribution in [3.63, 3.8) is 0 Å². The lowest BCUT2D eigenvalue weighted by molar-refractivity contribution is 0.221. The van der Waals surface area contributed by atoms with E-state index in [9.17, 15) is 5.11 Å². The quantitative estimate of drug-likeness (QED) is 0.477. The zero-order valence-corrected chi connectivity index (χ0v) is 14.4. The zero-order chi connectivity index (χ0) is 17.8. The van der Waals surface area contributed by atoms with Gasteiger partial charge < -0.3 is 5.11 Å². The van der Waals surface area contributed by atoms with Crippen LogP contribution in [0.4, 0.5) is 0 Å². The van der Waals surface area contributed by atoms with E-state index in [1.807, 2.05) is 72.8 Å². The molecular formula is C25H20O. The lowest BCUT2D eigenvalue weighted by Crippen LogP contribution is -2.02. The molecule has 26 heavy (non-hydrogen) atoms. The van der Waals surface area contributed by atoms with Gasteiger partial charge in [0.25, 0.3) is 0 Å². The Morgan fingerprint density at radius 2 is 1.04 bits per heavy atom. The Labute approximate surface area is 154 Å². The van der Waals surface area contributed by atoms with Crippen LogP contribution in [0.1, 0.15) is 17.2 Å². The molecule has 4 rings (SSSR count). The Hall–Kier alpha value is -3.16. The molecule has 4 aromatic rings. The first-order chi connectivity index (χ1) is 12.8. The average Bonchev–Trinajstić information content (AvgIpc) is 2.75. The normalized spacial score (nSPS) is 11.9. The van der Waals surface area contributed by atoms with Gasteiger partial charge in [-0.25, -0.2) is 0 Å². The number of aliphatic hydroxyl groups is 1. The summed E-state index contributed by atoms with van der Waals surface area (Å²) < 4.78 is 0. The highest BCUT2D eigenvalue weighted by atomic mass is 16.3.